The van der Waals surface area contributed by atoms with Crippen LogP contribution < -0.4 is 27.0 Å². The van der Waals surface area contributed by atoms with Crippen molar-refractivity contribution in [3.63, 3.8) is 0 Å². The molecule has 6 N–H and O–H groups in total. The predicted octanol–water partition coefficient (Wildman–Crippen LogP) is 4.81. The normalized spacial score (nSPS) is 12.4. The second kappa shape index (κ2) is 16.8. The Hall–Kier alpha value is -3.10. The highest BCUT2D eigenvalue weighted by Gasteiger charge is 2.22. The number of amides is 3. The van der Waals surface area contributed by atoms with Gasteiger partial charge in [-0.1, -0.05) is 96.4 Å². The summed E-state index contributed by atoms with van der Waals surface area (Å²) in [5.41, 5.74) is 8.62. The minimum atomic E-state index is -0.424. The van der Waals surface area contributed by atoms with E-state index in [1.807, 2.05) is 60.7 Å². The van der Waals surface area contributed by atoms with Crippen LogP contribution in [0.25, 0.3) is 0 Å². The lowest BCUT2D eigenvalue weighted by Gasteiger charge is -2.26. The van der Waals surface area contributed by atoms with E-state index in [1.54, 1.807) is 18.2 Å². The van der Waals surface area contributed by atoms with E-state index in [1.165, 1.54) is 0 Å². The van der Waals surface area contributed by atoms with Gasteiger partial charge in [-0.3, -0.25) is 4.79 Å². The molecule has 0 saturated carbocycles. The zero-order valence-corrected chi connectivity index (χ0v) is 23.5. The minimum Gasteiger partial charge on any atom is -0.351 e. The lowest BCUT2D eigenvalue weighted by Crippen LogP contribution is -2.53. The van der Waals surface area contributed by atoms with E-state index >= 15 is 0 Å². The molecule has 3 aromatic rings. The molecule has 3 aromatic carbocycles. The topological polar surface area (TPSA) is 108 Å². The lowest BCUT2D eigenvalue weighted by molar-refractivity contribution is -0.123. The Morgan fingerprint density at radius 1 is 0.795 bits per heavy atom. The molecule has 9 heteroatoms. The van der Waals surface area contributed by atoms with Crippen LogP contribution >= 0.6 is 23.2 Å². The lowest BCUT2D eigenvalue weighted by atomic mass is 10.0. The van der Waals surface area contributed by atoms with Crippen molar-refractivity contribution in [3.05, 3.63) is 106 Å². The largest absolute Gasteiger partial charge is 0.351 e. The monoisotopic (exact) mass is 569 g/mol. The van der Waals surface area contributed by atoms with Crippen molar-refractivity contribution in [1.82, 2.24) is 21.3 Å². The zero-order valence-electron chi connectivity index (χ0n) is 22.0. The van der Waals surface area contributed by atoms with Crippen LogP contribution in [0.5, 0.6) is 0 Å². The highest BCUT2D eigenvalue weighted by atomic mass is 35.5. The van der Waals surface area contributed by atoms with Crippen LogP contribution in [0.15, 0.2) is 78.9 Å². The summed E-state index contributed by atoms with van der Waals surface area (Å²) in [4.78, 5) is 25.9. The molecule has 0 spiro atoms. The van der Waals surface area contributed by atoms with Crippen molar-refractivity contribution < 1.29 is 9.59 Å². The number of hydrogen-bond acceptors (Lipinski definition) is 4. The average molecular weight is 571 g/mol. The van der Waals surface area contributed by atoms with Gasteiger partial charge in [0.15, 0.2) is 0 Å². The molecule has 0 aliphatic rings. The zero-order chi connectivity index (χ0) is 27.9. The quantitative estimate of drug-likeness (QED) is 0.169. The van der Waals surface area contributed by atoms with Gasteiger partial charge >= 0.3 is 6.03 Å². The van der Waals surface area contributed by atoms with E-state index in [4.69, 9.17) is 28.9 Å². The smallest absolute Gasteiger partial charge is 0.315 e. The number of benzene rings is 3. The molecule has 0 fully saturated rings. The molecule has 0 unspecified atom stereocenters. The number of halogens is 2. The Bertz CT molecular complexity index is 1160. The molecule has 2 atom stereocenters. The Kier molecular flexibility index (Phi) is 13.1. The molecule has 3 rings (SSSR count). The van der Waals surface area contributed by atoms with Crippen molar-refractivity contribution in [3.8, 4) is 0 Å². The second-order valence-electron chi connectivity index (χ2n) is 9.39. The van der Waals surface area contributed by atoms with E-state index < -0.39 is 6.04 Å². The third-order valence-electron chi connectivity index (χ3n) is 6.30. The first kappa shape index (κ1) is 30.4. The SMILES string of the molecule is NCCCC[C@H](N[C@H](CNC(=O)NCc1ccc(Cl)cc1Cl)Cc1ccccc1)C(=O)NCc1ccccc1. The van der Waals surface area contributed by atoms with E-state index in [-0.39, 0.29) is 24.5 Å². The van der Waals surface area contributed by atoms with Gasteiger partial charge in [-0.2, -0.15) is 0 Å². The van der Waals surface area contributed by atoms with Crippen LogP contribution in [0.1, 0.15) is 36.0 Å². The fourth-order valence-corrected chi connectivity index (χ4v) is 4.66. The number of nitrogens with one attached hydrogen (secondary N) is 4. The Labute approximate surface area is 240 Å². The summed E-state index contributed by atoms with van der Waals surface area (Å²) in [5, 5.41) is 13.4. The number of nitrogens with two attached hydrogens (primary N) is 1. The maximum Gasteiger partial charge on any atom is 0.315 e. The molecule has 0 aliphatic carbocycles. The Morgan fingerprint density at radius 3 is 2.15 bits per heavy atom. The van der Waals surface area contributed by atoms with Crippen molar-refractivity contribution in [2.75, 3.05) is 13.1 Å². The fourth-order valence-electron chi connectivity index (χ4n) is 4.18. The average Bonchev–Trinajstić information content (AvgIpc) is 2.94. The highest BCUT2D eigenvalue weighted by molar-refractivity contribution is 6.35. The van der Waals surface area contributed by atoms with Crippen LogP contribution in [0.4, 0.5) is 4.79 Å². The summed E-state index contributed by atoms with van der Waals surface area (Å²) in [6.07, 6.45) is 2.94. The summed E-state index contributed by atoms with van der Waals surface area (Å²) in [5.74, 6) is -0.0734. The van der Waals surface area contributed by atoms with Gasteiger partial charge in [0, 0.05) is 35.7 Å². The van der Waals surface area contributed by atoms with Gasteiger partial charge < -0.3 is 27.0 Å². The number of unbranched alkanes of at least 4 members (excludes halogenated alkanes) is 1. The van der Waals surface area contributed by atoms with Gasteiger partial charge in [0.05, 0.1) is 6.04 Å². The van der Waals surface area contributed by atoms with Crippen LogP contribution in [-0.2, 0) is 24.3 Å². The third-order valence-corrected chi connectivity index (χ3v) is 6.89. The molecule has 0 aromatic heterocycles. The summed E-state index contributed by atoms with van der Waals surface area (Å²) in [7, 11) is 0. The minimum absolute atomic E-state index is 0.0734. The van der Waals surface area contributed by atoms with Crippen molar-refractivity contribution in [1.29, 1.82) is 0 Å². The Balaban J connectivity index is 1.63. The van der Waals surface area contributed by atoms with E-state index in [2.05, 4.69) is 21.3 Å². The first-order valence-electron chi connectivity index (χ1n) is 13.2. The Morgan fingerprint density at radius 2 is 1.49 bits per heavy atom. The molecule has 0 heterocycles. The number of carbonyl (C=O) groups excluding carboxylic acids is 2. The predicted molar refractivity (Wildman–Crippen MR) is 159 cm³/mol. The van der Waals surface area contributed by atoms with Crippen molar-refractivity contribution in [2.24, 2.45) is 5.73 Å². The fraction of sp³-hybridized carbons (Fsp3) is 0.333. The van der Waals surface area contributed by atoms with Gasteiger partial charge in [0.2, 0.25) is 5.91 Å². The summed E-state index contributed by atoms with van der Waals surface area (Å²) >= 11 is 12.2. The van der Waals surface area contributed by atoms with E-state index in [0.717, 1.165) is 29.5 Å². The molecule has 39 heavy (non-hydrogen) atoms. The summed E-state index contributed by atoms with van der Waals surface area (Å²) in [6.45, 7) is 1.62. The third kappa shape index (κ3) is 11.3. The first-order valence-corrected chi connectivity index (χ1v) is 14.0. The van der Waals surface area contributed by atoms with Crippen molar-refractivity contribution >= 4 is 35.1 Å². The number of rotatable bonds is 15. The summed E-state index contributed by atoms with van der Waals surface area (Å²) in [6, 6.07) is 24.0. The van der Waals surface area contributed by atoms with E-state index in [9.17, 15) is 9.59 Å². The maximum atomic E-state index is 13.2. The van der Waals surface area contributed by atoms with Gasteiger partial charge in [-0.15, -0.1) is 0 Å². The molecule has 208 valence electrons. The molecule has 0 radical (unpaired) electrons. The highest BCUT2D eigenvalue weighted by Crippen LogP contribution is 2.20. The standard InChI is InChI=1S/C30H37Cl2N5O2/c31-25-15-14-24(27(32)18-25)20-35-30(39)36-21-26(17-22-9-3-1-4-10-22)37-28(13-7-8-16-33)29(38)34-19-23-11-5-2-6-12-23/h1-6,9-12,14-15,18,26,28,37H,7-8,13,16-17,19-21,33H2,(H,34,38)(H2,35,36,39)/t26-,28-/m0/s1. The molecule has 0 bridgehead atoms. The van der Waals surface area contributed by atoms with Gasteiger partial charge in [-0.25, -0.2) is 4.79 Å². The molecular formula is C30H37Cl2N5O2. The van der Waals surface area contributed by atoms with Crippen LogP contribution in [0.2, 0.25) is 10.0 Å². The van der Waals surface area contributed by atoms with Crippen molar-refractivity contribution in [2.45, 2.75) is 50.9 Å². The second-order valence-corrected chi connectivity index (χ2v) is 10.2. The summed E-state index contributed by atoms with van der Waals surface area (Å²) < 4.78 is 0. The molecule has 3 amide bonds. The van der Waals surface area contributed by atoms with Gasteiger partial charge in [-0.05, 0) is 54.6 Å². The molecule has 7 nitrogen and oxygen atoms in total. The van der Waals surface area contributed by atoms with Crippen LogP contribution in [-0.4, -0.2) is 37.1 Å². The maximum absolute atomic E-state index is 13.2. The molecule has 0 saturated heterocycles. The first-order chi connectivity index (χ1) is 18.9. The number of carbonyl (C=O) groups is 2. The number of hydrogen-bond donors (Lipinski definition) is 5. The van der Waals surface area contributed by atoms with Gasteiger partial charge in [0.1, 0.15) is 0 Å². The number of urea groups is 1. The molecule has 0 aliphatic heterocycles. The van der Waals surface area contributed by atoms with Gasteiger partial charge in [0.25, 0.3) is 0 Å². The van der Waals surface area contributed by atoms with E-state index in [0.29, 0.717) is 42.5 Å². The van der Waals surface area contributed by atoms with Crippen LogP contribution in [0.3, 0.4) is 0 Å². The molecular weight excluding hydrogens is 533 g/mol. The van der Waals surface area contributed by atoms with Crippen LogP contribution in [0, 0.1) is 0 Å².